The maximum Gasteiger partial charge on any atom is 0.234 e. The molecule has 0 saturated heterocycles. The Morgan fingerprint density at radius 2 is 2.08 bits per heavy atom. The summed E-state index contributed by atoms with van der Waals surface area (Å²) in [6.45, 7) is 0. The van der Waals surface area contributed by atoms with Crippen molar-refractivity contribution in [1.29, 1.82) is 0 Å². The molecule has 0 unspecified atom stereocenters. The van der Waals surface area contributed by atoms with Crippen molar-refractivity contribution in [3.63, 3.8) is 0 Å². The van der Waals surface area contributed by atoms with Crippen LogP contribution in [0.25, 0.3) is 0 Å². The predicted octanol–water partition coefficient (Wildman–Crippen LogP) is 3.31. The monoisotopic (exact) mass is 216 g/mol. The molecule has 0 bridgehead atoms. The highest BCUT2D eigenvalue weighted by Gasteiger charge is 2.15. The number of rotatable bonds is 2. The van der Waals surface area contributed by atoms with Crippen LogP contribution in [0.2, 0.25) is 5.28 Å². The Morgan fingerprint density at radius 3 is 2.69 bits per heavy atom. The highest BCUT2D eigenvalue weighted by molar-refractivity contribution is 7.05. The Bertz CT molecular complexity index is 268. The van der Waals surface area contributed by atoms with E-state index in [0.717, 1.165) is 17.3 Å². The minimum absolute atomic E-state index is 0.413. The SMILES string of the molecule is Clc1nsc(CC2CCCCC2)n1. The van der Waals surface area contributed by atoms with E-state index in [1.807, 2.05) is 0 Å². The van der Waals surface area contributed by atoms with E-state index in [2.05, 4.69) is 9.36 Å². The van der Waals surface area contributed by atoms with Gasteiger partial charge in [-0.1, -0.05) is 32.1 Å². The van der Waals surface area contributed by atoms with E-state index in [9.17, 15) is 0 Å². The van der Waals surface area contributed by atoms with Crippen molar-refractivity contribution in [2.24, 2.45) is 5.92 Å². The second kappa shape index (κ2) is 4.38. The molecule has 0 aromatic carbocycles. The van der Waals surface area contributed by atoms with Crippen molar-refractivity contribution in [2.45, 2.75) is 38.5 Å². The van der Waals surface area contributed by atoms with Crippen LogP contribution in [0, 0.1) is 5.92 Å². The Hall–Kier alpha value is -0.150. The van der Waals surface area contributed by atoms with Crippen molar-refractivity contribution in [2.75, 3.05) is 0 Å². The number of halogens is 1. The first-order valence-electron chi connectivity index (χ1n) is 4.82. The van der Waals surface area contributed by atoms with Crippen molar-refractivity contribution in [1.82, 2.24) is 9.36 Å². The first kappa shape index (κ1) is 9.41. The van der Waals surface area contributed by atoms with Gasteiger partial charge in [0.1, 0.15) is 5.01 Å². The van der Waals surface area contributed by atoms with Crippen molar-refractivity contribution < 1.29 is 0 Å². The summed E-state index contributed by atoms with van der Waals surface area (Å²) in [4.78, 5) is 4.18. The molecule has 72 valence electrons. The number of nitrogens with zero attached hydrogens (tertiary/aromatic N) is 2. The maximum atomic E-state index is 5.67. The first-order valence-corrected chi connectivity index (χ1v) is 5.98. The predicted molar refractivity (Wildman–Crippen MR) is 55.2 cm³/mol. The first-order chi connectivity index (χ1) is 6.34. The van der Waals surface area contributed by atoms with E-state index < -0.39 is 0 Å². The van der Waals surface area contributed by atoms with Crippen LogP contribution in [0.5, 0.6) is 0 Å². The molecule has 0 atom stereocenters. The fourth-order valence-corrected chi connectivity index (χ4v) is 2.87. The summed E-state index contributed by atoms with van der Waals surface area (Å²) in [6, 6.07) is 0. The third-order valence-electron chi connectivity index (χ3n) is 2.63. The lowest BCUT2D eigenvalue weighted by molar-refractivity contribution is 0.356. The Kier molecular flexibility index (Phi) is 3.17. The van der Waals surface area contributed by atoms with E-state index in [4.69, 9.17) is 11.6 Å². The maximum absolute atomic E-state index is 5.67. The van der Waals surface area contributed by atoms with Gasteiger partial charge >= 0.3 is 0 Å². The van der Waals surface area contributed by atoms with Crippen LogP contribution in [0.4, 0.5) is 0 Å². The molecule has 1 aromatic rings. The largest absolute Gasteiger partial charge is 0.234 e. The molecular formula is C9H13ClN2S. The summed E-state index contributed by atoms with van der Waals surface area (Å²) in [5, 5.41) is 1.52. The molecule has 1 aromatic heterocycles. The molecule has 0 N–H and O–H groups in total. The normalized spacial score (nSPS) is 19.2. The molecule has 0 radical (unpaired) electrons. The Morgan fingerprint density at radius 1 is 1.31 bits per heavy atom. The van der Waals surface area contributed by atoms with Gasteiger partial charge < -0.3 is 0 Å². The van der Waals surface area contributed by atoms with Gasteiger partial charge in [0.15, 0.2) is 0 Å². The van der Waals surface area contributed by atoms with Gasteiger partial charge in [-0.3, -0.25) is 0 Å². The highest BCUT2D eigenvalue weighted by atomic mass is 35.5. The summed E-state index contributed by atoms with van der Waals surface area (Å²) in [5.74, 6) is 0.831. The molecule has 0 aliphatic heterocycles. The van der Waals surface area contributed by atoms with Crippen LogP contribution in [-0.4, -0.2) is 9.36 Å². The third kappa shape index (κ3) is 2.64. The lowest BCUT2D eigenvalue weighted by atomic mass is 9.87. The van der Waals surface area contributed by atoms with E-state index in [1.165, 1.54) is 43.6 Å². The molecule has 1 heterocycles. The van der Waals surface area contributed by atoms with Gasteiger partial charge in [0.05, 0.1) is 0 Å². The second-order valence-corrected chi connectivity index (χ2v) is 4.84. The van der Waals surface area contributed by atoms with Crippen LogP contribution < -0.4 is 0 Å². The minimum Gasteiger partial charge on any atom is -0.210 e. The van der Waals surface area contributed by atoms with Gasteiger partial charge in [0.2, 0.25) is 5.28 Å². The van der Waals surface area contributed by atoms with Gasteiger partial charge in [-0.05, 0) is 29.1 Å². The summed E-state index contributed by atoms with van der Waals surface area (Å²) in [5.41, 5.74) is 0. The summed E-state index contributed by atoms with van der Waals surface area (Å²) in [7, 11) is 0. The molecule has 2 nitrogen and oxygen atoms in total. The van der Waals surface area contributed by atoms with Gasteiger partial charge in [0.25, 0.3) is 0 Å². The lowest BCUT2D eigenvalue weighted by Gasteiger charge is -2.19. The second-order valence-electron chi connectivity index (χ2n) is 3.67. The number of aromatic nitrogens is 2. The van der Waals surface area contributed by atoms with Gasteiger partial charge in [-0.25, -0.2) is 4.98 Å². The van der Waals surface area contributed by atoms with Gasteiger partial charge in [-0.2, -0.15) is 4.37 Å². The Labute approximate surface area is 87.5 Å². The van der Waals surface area contributed by atoms with Crippen LogP contribution >= 0.6 is 23.1 Å². The van der Waals surface area contributed by atoms with Gasteiger partial charge in [0, 0.05) is 6.42 Å². The molecule has 0 amide bonds. The van der Waals surface area contributed by atoms with Crippen LogP contribution in [0.3, 0.4) is 0 Å². The van der Waals surface area contributed by atoms with Crippen LogP contribution in [-0.2, 0) is 6.42 Å². The number of hydrogen-bond donors (Lipinski definition) is 0. The molecule has 2 rings (SSSR count). The molecule has 1 aliphatic rings. The standard InChI is InChI=1S/C9H13ClN2S/c10-9-11-8(13-12-9)6-7-4-2-1-3-5-7/h7H,1-6H2. The van der Waals surface area contributed by atoms with E-state index in [1.54, 1.807) is 0 Å². The quantitative estimate of drug-likeness (QED) is 0.758. The van der Waals surface area contributed by atoms with E-state index >= 15 is 0 Å². The molecule has 13 heavy (non-hydrogen) atoms. The van der Waals surface area contributed by atoms with Crippen LogP contribution in [0.15, 0.2) is 0 Å². The summed E-state index contributed by atoms with van der Waals surface area (Å²) < 4.78 is 3.98. The summed E-state index contributed by atoms with van der Waals surface area (Å²) in [6.07, 6.45) is 7.99. The Balaban J connectivity index is 1.89. The number of hydrogen-bond acceptors (Lipinski definition) is 3. The van der Waals surface area contributed by atoms with Crippen molar-refractivity contribution in [3.8, 4) is 0 Å². The van der Waals surface area contributed by atoms with Crippen LogP contribution in [0.1, 0.15) is 37.1 Å². The third-order valence-corrected chi connectivity index (χ3v) is 3.63. The molecule has 1 saturated carbocycles. The highest BCUT2D eigenvalue weighted by Crippen LogP contribution is 2.27. The fraction of sp³-hybridized carbons (Fsp3) is 0.778. The lowest BCUT2D eigenvalue weighted by Crippen LogP contribution is -2.08. The fourth-order valence-electron chi connectivity index (χ4n) is 1.96. The molecular weight excluding hydrogens is 204 g/mol. The molecule has 1 fully saturated rings. The zero-order valence-corrected chi connectivity index (χ0v) is 9.07. The molecule has 1 aliphatic carbocycles. The zero-order valence-electron chi connectivity index (χ0n) is 7.50. The van der Waals surface area contributed by atoms with Crippen molar-refractivity contribution >= 4 is 23.1 Å². The average Bonchev–Trinajstić information content (AvgIpc) is 2.53. The summed E-state index contributed by atoms with van der Waals surface area (Å²) >= 11 is 7.12. The van der Waals surface area contributed by atoms with Gasteiger partial charge in [-0.15, -0.1) is 0 Å². The minimum atomic E-state index is 0.413. The van der Waals surface area contributed by atoms with Crippen molar-refractivity contribution in [3.05, 3.63) is 10.3 Å². The van der Waals surface area contributed by atoms with E-state index in [0.29, 0.717) is 5.28 Å². The molecule has 0 spiro atoms. The zero-order chi connectivity index (χ0) is 9.10. The topological polar surface area (TPSA) is 25.8 Å². The molecule has 4 heteroatoms. The average molecular weight is 217 g/mol. The van der Waals surface area contributed by atoms with E-state index in [-0.39, 0.29) is 0 Å². The smallest absolute Gasteiger partial charge is 0.210 e.